The number of aryl methyl sites for hydroxylation is 3. The third-order valence-electron chi connectivity index (χ3n) is 6.42. The van der Waals surface area contributed by atoms with Crippen LogP contribution in [0.15, 0.2) is 82.8 Å². The molecule has 3 aromatic carbocycles. The largest absolute Gasteiger partial charge is 0.318 e. The highest BCUT2D eigenvalue weighted by molar-refractivity contribution is 7.92. The molecular formula is C29H28Cl2N4O3S. The highest BCUT2D eigenvalue weighted by Gasteiger charge is 2.27. The van der Waals surface area contributed by atoms with E-state index in [1.807, 2.05) is 64.1 Å². The summed E-state index contributed by atoms with van der Waals surface area (Å²) < 4.78 is 30.3. The van der Waals surface area contributed by atoms with Crippen molar-refractivity contribution in [2.75, 3.05) is 10.8 Å². The van der Waals surface area contributed by atoms with Crippen LogP contribution in [0, 0.1) is 27.7 Å². The predicted molar refractivity (Wildman–Crippen MR) is 158 cm³/mol. The number of carbonyl (C=O) groups is 1. The van der Waals surface area contributed by atoms with E-state index in [1.54, 1.807) is 18.3 Å². The number of nitrogens with one attached hydrogen (secondary N) is 1. The molecule has 0 bridgehead atoms. The molecule has 0 atom stereocenters. The SMILES string of the molecule is Cc1ccc(N(CC(=O)N/N=C\c2cc(C)n(-c3ccc(Cl)cc3)c2C)S(=O)(=O)c2ccc(Cl)cc2)cc1C. The van der Waals surface area contributed by atoms with Crippen molar-refractivity contribution in [2.24, 2.45) is 5.10 Å². The van der Waals surface area contributed by atoms with Gasteiger partial charge in [-0.15, -0.1) is 0 Å². The smallest absolute Gasteiger partial charge is 0.264 e. The molecule has 1 amide bonds. The number of halogens is 2. The van der Waals surface area contributed by atoms with Crippen LogP contribution in [-0.2, 0) is 14.8 Å². The van der Waals surface area contributed by atoms with E-state index in [2.05, 4.69) is 15.1 Å². The summed E-state index contributed by atoms with van der Waals surface area (Å²) in [5, 5.41) is 5.17. The second-order valence-electron chi connectivity index (χ2n) is 9.17. The number of amides is 1. The van der Waals surface area contributed by atoms with Crippen LogP contribution >= 0.6 is 23.2 Å². The first-order valence-electron chi connectivity index (χ1n) is 12.1. The monoisotopic (exact) mass is 582 g/mol. The van der Waals surface area contributed by atoms with Crippen LogP contribution in [0.5, 0.6) is 0 Å². The Balaban J connectivity index is 1.57. The van der Waals surface area contributed by atoms with E-state index in [-0.39, 0.29) is 4.90 Å². The molecule has 202 valence electrons. The highest BCUT2D eigenvalue weighted by atomic mass is 35.5. The van der Waals surface area contributed by atoms with E-state index in [1.165, 1.54) is 24.3 Å². The second kappa shape index (κ2) is 11.7. The van der Waals surface area contributed by atoms with E-state index in [0.717, 1.165) is 38.1 Å². The number of aromatic nitrogens is 1. The number of anilines is 1. The fraction of sp³-hybridized carbons (Fsp3) is 0.172. The number of hydrogen-bond acceptors (Lipinski definition) is 4. The molecule has 1 N–H and O–H groups in total. The molecule has 1 heterocycles. The number of rotatable bonds is 8. The van der Waals surface area contributed by atoms with Crippen LogP contribution in [-0.4, -0.2) is 31.7 Å². The van der Waals surface area contributed by atoms with Gasteiger partial charge < -0.3 is 4.57 Å². The van der Waals surface area contributed by atoms with Gasteiger partial charge in [-0.3, -0.25) is 9.10 Å². The van der Waals surface area contributed by atoms with Gasteiger partial charge in [0.1, 0.15) is 6.54 Å². The Morgan fingerprint density at radius 1 is 0.897 bits per heavy atom. The van der Waals surface area contributed by atoms with E-state index in [4.69, 9.17) is 23.2 Å². The van der Waals surface area contributed by atoms with Gasteiger partial charge in [0.2, 0.25) is 0 Å². The Hall–Kier alpha value is -3.59. The quantitative estimate of drug-likeness (QED) is 0.194. The molecule has 0 aliphatic rings. The van der Waals surface area contributed by atoms with E-state index < -0.39 is 22.5 Å². The molecule has 0 fully saturated rings. The minimum absolute atomic E-state index is 0.0241. The van der Waals surface area contributed by atoms with Crippen molar-refractivity contribution in [2.45, 2.75) is 32.6 Å². The Kier molecular flexibility index (Phi) is 8.49. The number of benzene rings is 3. The molecule has 0 radical (unpaired) electrons. The van der Waals surface area contributed by atoms with E-state index in [0.29, 0.717) is 15.7 Å². The number of hydrogen-bond donors (Lipinski definition) is 1. The minimum Gasteiger partial charge on any atom is -0.318 e. The normalized spacial score (nSPS) is 11.6. The maximum Gasteiger partial charge on any atom is 0.264 e. The van der Waals surface area contributed by atoms with Crippen LogP contribution in [0.2, 0.25) is 10.0 Å². The molecule has 0 saturated heterocycles. The van der Waals surface area contributed by atoms with Gasteiger partial charge in [0, 0.05) is 32.7 Å². The Morgan fingerprint density at radius 2 is 1.51 bits per heavy atom. The first-order chi connectivity index (χ1) is 18.5. The van der Waals surface area contributed by atoms with Crippen molar-refractivity contribution in [3.63, 3.8) is 0 Å². The fourth-order valence-corrected chi connectivity index (χ4v) is 5.84. The standard InChI is InChI=1S/C29H28Cl2N4O3S/c1-19-5-10-27(15-20(19)2)34(39(37,38)28-13-8-25(31)9-14-28)18-29(36)33-32-17-23-16-21(3)35(22(23)4)26-11-6-24(30)7-12-26/h5-17H,18H2,1-4H3,(H,33,36)/b32-17-. The fourth-order valence-electron chi connectivity index (χ4n) is 4.17. The zero-order valence-electron chi connectivity index (χ0n) is 21.9. The van der Waals surface area contributed by atoms with Gasteiger partial charge in [-0.1, -0.05) is 29.3 Å². The summed E-state index contributed by atoms with van der Waals surface area (Å²) in [6, 6.07) is 20.5. The Morgan fingerprint density at radius 3 is 2.13 bits per heavy atom. The summed E-state index contributed by atoms with van der Waals surface area (Å²) >= 11 is 12.0. The van der Waals surface area contributed by atoms with Crippen LogP contribution < -0.4 is 9.73 Å². The molecule has 0 aliphatic heterocycles. The van der Waals surface area contributed by atoms with E-state index >= 15 is 0 Å². The molecule has 0 unspecified atom stereocenters. The lowest BCUT2D eigenvalue weighted by atomic mass is 10.1. The molecular weight excluding hydrogens is 555 g/mol. The van der Waals surface area contributed by atoms with Gasteiger partial charge in [0.15, 0.2) is 0 Å². The van der Waals surface area contributed by atoms with Gasteiger partial charge >= 0.3 is 0 Å². The molecule has 0 spiro atoms. The summed E-state index contributed by atoms with van der Waals surface area (Å²) in [6.45, 7) is 7.28. The van der Waals surface area contributed by atoms with Gasteiger partial charge in [-0.2, -0.15) is 5.10 Å². The Bertz CT molecular complexity index is 1650. The highest BCUT2D eigenvalue weighted by Crippen LogP contribution is 2.27. The number of nitrogens with zero attached hydrogens (tertiary/aromatic N) is 3. The summed E-state index contributed by atoms with van der Waals surface area (Å²) in [6.07, 6.45) is 1.54. The van der Waals surface area contributed by atoms with Crippen molar-refractivity contribution in [1.82, 2.24) is 9.99 Å². The average Bonchev–Trinajstić information content (AvgIpc) is 3.17. The lowest BCUT2D eigenvalue weighted by molar-refractivity contribution is -0.119. The van der Waals surface area contributed by atoms with Gasteiger partial charge in [-0.05, 0) is 106 Å². The topological polar surface area (TPSA) is 83.8 Å². The summed E-state index contributed by atoms with van der Waals surface area (Å²) in [5.41, 5.74) is 8.42. The molecule has 0 saturated carbocycles. The maximum atomic E-state index is 13.6. The molecule has 0 aliphatic carbocycles. The molecule has 10 heteroatoms. The summed E-state index contributed by atoms with van der Waals surface area (Å²) in [5.74, 6) is -0.589. The summed E-state index contributed by atoms with van der Waals surface area (Å²) in [7, 11) is -4.07. The lowest BCUT2D eigenvalue weighted by Gasteiger charge is -2.24. The third-order valence-corrected chi connectivity index (χ3v) is 8.71. The first kappa shape index (κ1) is 28.4. The predicted octanol–water partition coefficient (Wildman–Crippen LogP) is 6.36. The van der Waals surface area contributed by atoms with Gasteiger partial charge in [0.05, 0.1) is 16.8 Å². The van der Waals surface area contributed by atoms with Crippen molar-refractivity contribution < 1.29 is 13.2 Å². The van der Waals surface area contributed by atoms with Crippen LogP contribution in [0.4, 0.5) is 5.69 Å². The van der Waals surface area contributed by atoms with Crippen molar-refractivity contribution in [1.29, 1.82) is 0 Å². The Labute approximate surface area is 238 Å². The lowest BCUT2D eigenvalue weighted by Crippen LogP contribution is -2.39. The first-order valence-corrected chi connectivity index (χ1v) is 14.3. The molecule has 4 aromatic rings. The van der Waals surface area contributed by atoms with Crippen molar-refractivity contribution in [3.8, 4) is 5.69 Å². The van der Waals surface area contributed by atoms with Gasteiger partial charge in [-0.25, -0.2) is 13.8 Å². The average molecular weight is 584 g/mol. The second-order valence-corrected chi connectivity index (χ2v) is 11.9. The molecule has 1 aromatic heterocycles. The van der Waals surface area contributed by atoms with Crippen molar-refractivity contribution >= 4 is 51.0 Å². The zero-order valence-corrected chi connectivity index (χ0v) is 24.3. The van der Waals surface area contributed by atoms with Gasteiger partial charge in [0.25, 0.3) is 15.9 Å². The maximum absolute atomic E-state index is 13.6. The number of carbonyl (C=O) groups excluding carboxylic acids is 1. The zero-order chi connectivity index (χ0) is 28.3. The number of sulfonamides is 1. The molecule has 7 nitrogen and oxygen atoms in total. The van der Waals surface area contributed by atoms with Crippen molar-refractivity contribution in [3.05, 3.63) is 111 Å². The van der Waals surface area contributed by atoms with Crippen LogP contribution in [0.3, 0.4) is 0 Å². The number of hydrazone groups is 1. The molecule has 39 heavy (non-hydrogen) atoms. The minimum atomic E-state index is -4.07. The van der Waals surface area contributed by atoms with E-state index in [9.17, 15) is 13.2 Å². The summed E-state index contributed by atoms with van der Waals surface area (Å²) in [4.78, 5) is 13.0. The molecule has 4 rings (SSSR count). The third kappa shape index (κ3) is 6.36. The van der Waals surface area contributed by atoms with Crippen LogP contribution in [0.25, 0.3) is 5.69 Å². The van der Waals surface area contributed by atoms with Crippen LogP contribution in [0.1, 0.15) is 28.1 Å².